The van der Waals surface area contributed by atoms with Crippen LogP contribution < -0.4 is 5.32 Å². The number of carbonyl (C=O) groups excluding carboxylic acids is 2. The molecule has 0 aliphatic carbocycles. The van der Waals surface area contributed by atoms with Crippen LogP contribution in [0.4, 0.5) is 0 Å². The predicted molar refractivity (Wildman–Crippen MR) is 102 cm³/mol. The van der Waals surface area contributed by atoms with Crippen LogP contribution in [-0.2, 0) is 11.2 Å². The topological polar surface area (TPSA) is 49.4 Å². The fourth-order valence-corrected chi connectivity index (χ4v) is 4.07. The Hall–Kier alpha value is -1.27. The summed E-state index contributed by atoms with van der Waals surface area (Å²) in [4.78, 5) is 27.5. The van der Waals surface area contributed by atoms with Crippen molar-refractivity contribution in [1.29, 1.82) is 0 Å². The smallest absolute Gasteiger partial charge is 0.254 e. The highest BCUT2D eigenvalue weighted by molar-refractivity contribution is 7.10. The van der Waals surface area contributed by atoms with Crippen molar-refractivity contribution in [1.82, 2.24) is 10.2 Å². The van der Waals surface area contributed by atoms with Crippen LogP contribution in [-0.4, -0.2) is 35.8 Å². The van der Waals surface area contributed by atoms with E-state index in [2.05, 4.69) is 5.32 Å². The second kappa shape index (κ2) is 7.96. The fourth-order valence-electron chi connectivity index (χ4n) is 2.68. The molecule has 132 valence electrons. The van der Waals surface area contributed by atoms with Crippen LogP contribution in [0, 0.1) is 0 Å². The van der Waals surface area contributed by atoms with Gasteiger partial charge in [-0.05, 0) is 30.0 Å². The zero-order chi connectivity index (χ0) is 18.0. The summed E-state index contributed by atoms with van der Waals surface area (Å²) in [7, 11) is 0. The van der Waals surface area contributed by atoms with Crippen molar-refractivity contribution in [2.75, 3.05) is 13.1 Å². The minimum absolute atomic E-state index is 0.00634. The van der Waals surface area contributed by atoms with Crippen molar-refractivity contribution in [2.24, 2.45) is 0 Å². The van der Waals surface area contributed by atoms with E-state index in [1.807, 2.05) is 17.5 Å². The molecule has 1 N–H and O–H groups in total. The summed E-state index contributed by atoms with van der Waals surface area (Å²) < 4.78 is 0. The number of amides is 2. The zero-order valence-electron chi connectivity index (χ0n) is 13.1. The van der Waals surface area contributed by atoms with Gasteiger partial charge in [-0.25, -0.2) is 0 Å². The molecule has 1 aromatic heterocycles. The first-order valence-electron chi connectivity index (χ1n) is 7.71. The van der Waals surface area contributed by atoms with E-state index >= 15 is 0 Å². The van der Waals surface area contributed by atoms with Gasteiger partial charge in [-0.15, -0.1) is 11.3 Å². The van der Waals surface area contributed by atoms with Crippen LogP contribution in [0.25, 0.3) is 0 Å². The third kappa shape index (κ3) is 4.11. The SMILES string of the molecule is O=C(NCC1CCN1C(=O)Cc1cccs1)c1c(Cl)ccc(Cl)c1Cl. The van der Waals surface area contributed by atoms with Crippen molar-refractivity contribution in [2.45, 2.75) is 18.9 Å². The number of carbonyl (C=O) groups is 2. The summed E-state index contributed by atoms with van der Waals surface area (Å²) in [6.45, 7) is 1.07. The van der Waals surface area contributed by atoms with Gasteiger partial charge in [-0.3, -0.25) is 9.59 Å². The average molecular weight is 418 g/mol. The quantitative estimate of drug-likeness (QED) is 0.738. The Bertz CT molecular complexity index is 795. The summed E-state index contributed by atoms with van der Waals surface area (Å²) in [6.07, 6.45) is 1.25. The maximum Gasteiger partial charge on any atom is 0.254 e. The number of thiophene rings is 1. The molecule has 4 nitrogen and oxygen atoms in total. The summed E-state index contributed by atoms with van der Waals surface area (Å²) in [6, 6.07) is 6.94. The minimum Gasteiger partial charge on any atom is -0.350 e. The van der Waals surface area contributed by atoms with Gasteiger partial charge in [-0.2, -0.15) is 0 Å². The molecule has 0 saturated carbocycles. The number of rotatable bonds is 5. The van der Waals surface area contributed by atoms with Crippen LogP contribution in [0.1, 0.15) is 21.7 Å². The molecule has 1 aliphatic heterocycles. The molecule has 1 atom stereocenters. The van der Waals surface area contributed by atoms with E-state index in [9.17, 15) is 9.59 Å². The van der Waals surface area contributed by atoms with Gasteiger partial charge in [0.1, 0.15) is 0 Å². The lowest BCUT2D eigenvalue weighted by Gasteiger charge is -2.41. The largest absolute Gasteiger partial charge is 0.350 e. The van der Waals surface area contributed by atoms with Crippen molar-refractivity contribution >= 4 is 58.0 Å². The van der Waals surface area contributed by atoms with E-state index in [1.54, 1.807) is 22.3 Å². The van der Waals surface area contributed by atoms with Gasteiger partial charge in [0.15, 0.2) is 0 Å². The Kier molecular flexibility index (Phi) is 5.89. The van der Waals surface area contributed by atoms with Gasteiger partial charge in [0.25, 0.3) is 5.91 Å². The Balaban J connectivity index is 1.58. The molecule has 1 saturated heterocycles. The summed E-state index contributed by atoms with van der Waals surface area (Å²) in [5.41, 5.74) is 0.159. The van der Waals surface area contributed by atoms with E-state index in [0.717, 1.165) is 11.3 Å². The van der Waals surface area contributed by atoms with Gasteiger partial charge in [0.2, 0.25) is 5.91 Å². The standard InChI is InChI=1S/C17H15Cl3N2O2S/c18-12-3-4-13(19)16(20)15(12)17(24)21-9-10-5-6-22(10)14(23)8-11-2-1-7-25-11/h1-4,7,10H,5-6,8-9H2,(H,21,24). The molecule has 2 aromatic rings. The van der Waals surface area contributed by atoms with E-state index in [4.69, 9.17) is 34.8 Å². The molecule has 0 bridgehead atoms. The molecule has 1 aromatic carbocycles. The van der Waals surface area contributed by atoms with Crippen LogP contribution >= 0.6 is 46.1 Å². The molecular weight excluding hydrogens is 403 g/mol. The molecule has 2 amide bonds. The second-order valence-corrected chi connectivity index (χ2v) is 7.94. The van der Waals surface area contributed by atoms with Crippen molar-refractivity contribution in [3.8, 4) is 0 Å². The Morgan fingerprint density at radius 1 is 1.20 bits per heavy atom. The lowest BCUT2D eigenvalue weighted by atomic mass is 10.0. The summed E-state index contributed by atoms with van der Waals surface area (Å²) in [5.74, 6) is -0.318. The van der Waals surface area contributed by atoms with Crippen molar-refractivity contribution < 1.29 is 9.59 Å². The number of hydrogen-bond donors (Lipinski definition) is 1. The second-order valence-electron chi connectivity index (χ2n) is 5.71. The van der Waals surface area contributed by atoms with E-state index in [0.29, 0.717) is 19.5 Å². The highest BCUT2D eigenvalue weighted by atomic mass is 35.5. The molecule has 0 spiro atoms. The lowest BCUT2D eigenvalue weighted by molar-refractivity contribution is -0.137. The number of halogens is 3. The number of nitrogens with zero attached hydrogens (tertiary/aromatic N) is 1. The van der Waals surface area contributed by atoms with E-state index in [1.165, 1.54) is 6.07 Å². The monoisotopic (exact) mass is 416 g/mol. The highest BCUT2D eigenvalue weighted by Gasteiger charge is 2.32. The summed E-state index contributed by atoms with van der Waals surface area (Å²) in [5, 5.41) is 5.39. The average Bonchev–Trinajstić information content (AvgIpc) is 3.03. The van der Waals surface area contributed by atoms with Gasteiger partial charge >= 0.3 is 0 Å². The number of benzene rings is 1. The highest BCUT2D eigenvalue weighted by Crippen LogP contribution is 2.31. The molecule has 25 heavy (non-hydrogen) atoms. The molecule has 8 heteroatoms. The normalized spacial score (nSPS) is 16.4. The maximum absolute atomic E-state index is 12.4. The van der Waals surface area contributed by atoms with Crippen LogP contribution in [0.3, 0.4) is 0 Å². The first kappa shape index (κ1) is 18.5. The Morgan fingerprint density at radius 3 is 2.60 bits per heavy atom. The lowest BCUT2D eigenvalue weighted by Crippen LogP contribution is -2.56. The van der Waals surface area contributed by atoms with Gasteiger partial charge in [0.05, 0.1) is 33.1 Å². The molecule has 2 heterocycles. The Labute approximate surface area is 164 Å². The molecule has 1 fully saturated rings. The summed E-state index contributed by atoms with van der Waals surface area (Å²) >= 11 is 19.6. The van der Waals surface area contributed by atoms with Gasteiger partial charge < -0.3 is 10.2 Å². The van der Waals surface area contributed by atoms with Crippen LogP contribution in [0.2, 0.25) is 15.1 Å². The third-order valence-electron chi connectivity index (χ3n) is 4.14. The van der Waals surface area contributed by atoms with Crippen LogP contribution in [0.15, 0.2) is 29.6 Å². The maximum atomic E-state index is 12.4. The minimum atomic E-state index is -0.393. The van der Waals surface area contributed by atoms with Crippen molar-refractivity contribution in [3.05, 3.63) is 55.2 Å². The van der Waals surface area contributed by atoms with Gasteiger partial charge in [-0.1, -0.05) is 40.9 Å². The first-order valence-corrected chi connectivity index (χ1v) is 9.72. The van der Waals surface area contributed by atoms with E-state index < -0.39 is 5.91 Å². The first-order chi connectivity index (χ1) is 12.0. The molecular formula is C17H15Cl3N2O2S. The molecule has 1 aliphatic rings. The number of nitrogens with one attached hydrogen (secondary N) is 1. The molecule has 1 unspecified atom stereocenters. The number of hydrogen-bond acceptors (Lipinski definition) is 3. The third-order valence-corrected chi connectivity index (χ3v) is 6.13. The fraction of sp³-hybridized carbons (Fsp3) is 0.294. The molecule has 3 rings (SSSR count). The zero-order valence-corrected chi connectivity index (χ0v) is 16.2. The van der Waals surface area contributed by atoms with Crippen molar-refractivity contribution in [3.63, 3.8) is 0 Å². The van der Waals surface area contributed by atoms with Gasteiger partial charge in [0, 0.05) is 18.0 Å². The van der Waals surface area contributed by atoms with E-state index in [-0.39, 0.29) is 32.6 Å². The molecule has 0 radical (unpaired) electrons. The predicted octanol–water partition coefficient (Wildman–Crippen LogP) is 4.28. The van der Waals surface area contributed by atoms with Crippen LogP contribution in [0.5, 0.6) is 0 Å². The number of likely N-dealkylation sites (tertiary alicyclic amines) is 1. The Morgan fingerprint density at radius 2 is 1.96 bits per heavy atom.